The summed E-state index contributed by atoms with van der Waals surface area (Å²) in [7, 11) is 0. The molecule has 92 valence electrons. The van der Waals surface area contributed by atoms with Crippen LogP contribution in [0.5, 0.6) is 5.75 Å². The Kier molecular flexibility index (Phi) is 3.39. The van der Waals surface area contributed by atoms with E-state index in [1.54, 1.807) is 0 Å². The minimum atomic E-state index is 0.705. The Bertz CT molecular complexity index is 407. The molecule has 3 rings (SSSR count). The van der Waals surface area contributed by atoms with E-state index >= 15 is 0 Å². The number of likely N-dealkylation sites (tertiary alicyclic amines) is 1. The van der Waals surface area contributed by atoms with Gasteiger partial charge in [0, 0.05) is 24.3 Å². The fourth-order valence-corrected chi connectivity index (χ4v) is 3.29. The van der Waals surface area contributed by atoms with Crippen molar-refractivity contribution >= 4 is 15.9 Å². The van der Waals surface area contributed by atoms with Gasteiger partial charge < -0.3 is 9.64 Å². The van der Waals surface area contributed by atoms with Crippen LogP contribution in [0.15, 0.2) is 18.2 Å². The molecule has 2 heterocycles. The van der Waals surface area contributed by atoms with Crippen LogP contribution in [0.3, 0.4) is 0 Å². The average molecular weight is 296 g/mol. The molecule has 0 aromatic heterocycles. The van der Waals surface area contributed by atoms with E-state index in [0.29, 0.717) is 4.83 Å². The fourth-order valence-electron chi connectivity index (χ4n) is 2.67. The van der Waals surface area contributed by atoms with Crippen LogP contribution in [0.4, 0.5) is 0 Å². The molecule has 2 aliphatic rings. The average Bonchev–Trinajstić information content (AvgIpc) is 2.94. The highest BCUT2D eigenvalue weighted by atomic mass is 79.9. The van der Waals surface area contributed by atoms with Crippen molar-refractivity contribution in [2.45, 2.75) is 24.1 Å². The zero-order valence-corrected chi connectivity index (χ0v) is 11.6. The zero-order chi connectivity index (χ0) is 11.7. The Morgan fingerprint density at radius 2 is 2.35 bits per heavy atom. The number of hydrogen-bond donors (Lipinski definition) is 0. The van der Waals surface area contributed by atoms with Gasteiger partial charge in [0.05, 0.1) is 6.61 Å². The summed E-state index contributed by atoms with van der Waals surface area (Å²) in [5.41, 5.74) is 2.84. The first-order valence-electron chi connectivity index (χ1n) is 6.42. The number of hydrogen-bond acceptors (Lipinski definition) is 2. The second-order valence-corrected chi connectivity index (χ2v) is 6.27. The smallest absolute Gasteiger partial charge is 0.122 e. The molecule has 1 atom stereocenters. The van der Waals surface area contributed by atoms with Crippen molar-refractivity contribution < 1.29 is 4.74 Å². The SMILES string of the molecule is BrC1CCN(CCc2ccc3c(c2)CCO3)C1. The molecule has 0 saturated carbocycles. The van der Waals surface area contributed by atoms with Crippen LogP contribution < -0.4 is 4.74 Å². The number of nitrogens with zero attached hydrogens (tertiary/aromatic N) is 1. The minimum Gasteiger partial charge on any atom is -0.493 e. The van der Waals surface area contributed by atoms with Gasteiger partial charge in [-0.3, -0.25) is 0 Å². The van der Waals surface area contributed by atoms with Crippen molar-refractivity contribution in [1.82, 2.24) is 4.90 Å². The van der Waals surface area contributed by atoms with Crippen molar-refractivity contribution in [2.75, 3.05) is 26.2 Å². The lowest BCUT2D eigenvalue weighted by atomic mass is 10.1. The van der Waals surface area contributed by atoms with E-state index in [2.05, 4.69) is 39.0 Å². The van der Waals surface area contributed by atoms with Crippen LogP contribution in [-0.2, 0) is 12.8 Å². The lowest BCUT2D eigenvalue weighted by molar-refractivity contribution is 0.344. The van der Waals surface area contributed by atoms with E-state index in [-0.39, 0.29) is 0 Å². The van der Waals surface area contributed by atoms with E-state index in [1.807, 2.05) is 0 Å². The van der Waals surface area contributed by atoms with Gasteiger partial charge in [-0.2, -0.15) is 0 Å². The van der Waals surface area contributed by atoms with Crippen LogP contribution >= 0.6 is 15.9 Å². The monoisotopic (exact) mass is 295 g/mol. The Labute approximate surface area is 111 Å². The van der Waals surface area contributed by atoms with E-state index in [9.17, 15) is 0 Å². The Morgan fingerprint density at radius 1 is 1.41 bits per heavy atom. The van der Waals surface area contributed by atoms with Crippen LogP contribution in [-0.4, -0.2) is 36.0 Å². The molecule has 0 aliphatic carbocycles. The summed E-state index contributed by atoms with van der Waals surface area (Å²) in [5, 5.41) is 0. The lowest BCUT2D eigenvalue weighted by Crippen LogP contribution is -2.23. The molecular weight excluding hydrogens is 278 g/mol. The molecule has 1 unspecified atom stereocenters. The summed E-state index contributed by atoms with van der Waals surface area (Å²) in [4.78, 5) is 3.25. The normalized spacial score (nSPS) is 23.7. The molecular formula is C14H18BrNO. The van der Waals surface area contributed by atoms with Gasteiger partial charge in [0.15, 0.2) is 0 Å². The third-order valence-electron chi connectivity index (χ3n) is 3.69. The number of ether oxygens (including phenoxy) is 1. The van der Waals surface area contributed by atoms with Gasteiger partial charge in [0.25, 0.3) is 0 Å². The predicted octanol–water partition coefficient (Wildman–Crippen LogP) is 2.63. The summed E-state index contributed by atoms with van der Waals surface area (Å²) in [6.07, 6.45) is 3.53. The molecule has 0 bridgehead atoms. The highest BCUT2D eigenvalue weighted by Crippen LogP contribution is 2.26. The number of benzene rings is 1. The van der Waals surface area contributed by atoms with Crippen LogP contribution in [0.2, 0.25) is 0 Å². The molecule has 2 aliphatic heterocycles. The molecule has 2 nitrogen and oxygen atoms in total. The van der Waals surface area contributed by atoms with Crippen molar-refractivity contribution in [3.63, 3.8) is 0 Å². The Balaban J connectivity index is 1.58. The van der Waals surface area contributed by atoms with Crippen LogP contribution in [0.1, 0.15) is 17.5 Å². The van der Waals surface area contributed by atoms with Gasteiger partial charge in [0.2, 0.25) is 0 Å². The van der Waals surface area contributed by atoms with E-state index in [1.165, 1.54) is 37.2 Å². The van der Waals surface area contributed by atoms with E-state index in [0.717, 1.165) is 25.2 Å². The molecule has 0 spiro atoms. The number of rotatable bonds is 3. The predicted molar refractivity (Wildman–Crippen MR) is 73.1 cm³/mol. The molecule has 3 heteroatoms. The third kappa shape index (κ3) is 2.66. The van der Waals surface area contributed by atoms with Crippen molar-refractivity contribution in [1.29, 1.82) is 0 Å². The molecule has 0 N–H and O–H groups in total. The number of fused-ring (bicyclic) bond motifs is 1. The lowest BCUT2D eigenvalue weighted by Gasteiger charge is -2.14. The maximum absolute atomic E-state index is 5.53. The zero-order valence-electron chi connectivity index (χ0n) is 9.99. The summed E-state index contributed by atoms with van der Waals surface area (Å²) in [6.45, 7) is 4.48. The second kappa shape index (κ2) is 4.99. The van der Waals surface area contributed by atoms with Gasteiger partial charge in [-0.1, -0.05) is 28.1 Å². The van der Waals surface area contributed by atoms with Crippen LogP contribution in [0.25, 0.3) is 0 Å². The summed E-state index contributed by atoms with van der Waals surface area (Å²) in [5.74, 6) is 1.09. The standard InChI is InChI=1S/C14H18BrNO/c15-13-4-7-16(10-13)6-3-11-1-2-14-12(9-11)5-8-17-14/h1-2,9,13H,3-8,10H2. The highest BCUT2D eigenvalue weighted by Gasteiger charge is 2.19. The number of halogens is 1. The summed E-state index contributed by atoms with van der Waals surface area (Å²) in [6, 6.07) is 6.67. The molecule has 1 fully saturated rings. The van der Waals surface area contributed by atoms with Gasteiger partial charge in [-0.25, -0.2) is 0 Å². The third-order valence-corrected chi connectivity index (χ3v) is 4.43. The fraction of sp³-hybridized carbons (Fsp3) is 0.571. The van der Waals surface area contributed by atoms with Crippen LogP contribution in [0, 0.1) is 0 Å². The quantitative estimate of drug-likeness (QED) is 0.795. The van der Waals surface area contributed by atoms with Gasteiger partial charge in [-0.15, -0.1) is 0 Å². The van der Waals surface area contributed by atoms with E-state index < -0.39 is 0 Å². The number of alkyl halides is 1. The molecule has 0 amide bonds. The van der Waals surface area contributed by atoms with Crippen molar-refractivity contribution in [3.8, 4) is 5.75 Å². The second-order valence-electron chi connectivity index (χ2n) is 4.98. The Morgan fingerprint density at radius 3 is 3.18 bits per heavy atom. The summed E-state index contributed by atoms with van der Waals surface area (Å²) >= 11 is 3.69. The maximum atomic E-state index is 5.53. The first-order valence-corrected chi connectivity index (χ1v) is 7.34. The van der Waals surface area contributed by atoms with Gasteiger partial charge in [0.1, 0.15) is 5.75 Å². The van der Waals surface area contributed by atoms with Crippen molar-refractivity contribution in [3.05, 3.63) is 29.3 Å². The first-order chi connectivity index (χ1) is 8.31. The first kappa shape index (κ1) is 11.5. The van der Waals surface area contributed by atoms with Gasteiger partial charge >= 0.3 is 0 Å². The van der Waals surface area contributed by atoms with E-state index in [4.69, 9.17) is 4.74 Å². The molecule has 1 aromatic carbocycles. The topological polar surface area (TPSA) is 12.5 Å². The molecule has 0 radical (unpaired) electrons. The largest absolute Gasteiger partial charge is 0.493 e. The molecule has 1 saturated heterocycles. The highest BCUT2D eigenvalue weighted by molar-refractivity contribution is 9.09. The minimum absolute atomic E-state index is 0.705. The van der Waals surface area contributed by atoms with Crippen molar-refractivity contribution in [2.24, 2.45) is 0 Å². The maximum Gasteiger partial charge on any atom is 0.122 e. The Hall–Kier alpha value is -0.540. The van der Waals surface area contributed by atoms with Gasteiger partial charge in [-0.05, 0) is 36.6 Å². The summed E-state index contributed by atoms with van der Waals surface area (Å²) < 4.78 is 5.53. The molecule has 17 heavy (non-hydrogen) atoms. The molecule has 1 aromatic rings.